The van der Waals surface area contributed by atoms with E-state index in [9.17, 15) is 5.11 Å². The van der Waals surface area contributed by atoms with Crippen LogP contribution in [0.3, 0.4) is 0 Å². The molecule has 0 radical (unpaired) electrons. The fraction of sp³-hybridized carbons (Fsp3) is 0.360. The van der Waals surface area contributed by atoms with Crippen LogP contribution in [0.15, 0.2) is 42.7 Å². The fourth-order valence-corrected chi connectivity index (χ4v) is 4.42. The Morgan fingerprint density at radius 1 is 1.16 bits per heavy atom. The van der Waals surface area contributed by atoms with Gasteiger partial charge in [-0.25, -0.2) is 14.6 Å². The second-order valence-electron chi connectivity index (χ2n) is 9.70. The van der Waals surface area contributed by atoms with Crippen LogP contribution >= 0.6 is 11.6 Å². The number of hydrogen-bond donors (Lipinski definition) is 3. The maximum atomic E-state index is 10.1. The molecule has 1 aliphatic rings. The van der Waals surface area contributed by atoms with Crippen molar-refractivity contribution in [1.29, 1.82) is 5.26 Å². The highest BCUT2D eigenvalue weighted by Crippen LogP contribution is 2.26. The molecule has 0 amide bonds. The summed E-state index contributed by atoms with van der Waals surface area (Å²) in [6.07, 6.45) is 4.96. The van der Waals surface area contributed by atoms with Gasteiger partial charge in [0.2, 0.25) is 5.95 Å². The van der Waals surface area contributed by atoms with Crippen molar-refractivity contribution in [3.05, 3.63) is 53.3 Å². The summed E-state index contributed by atoms with van der Waals surface area (Å²) in [6.45, 7) is 5.47. The SMILES string of the molecule is CC(C)(O)Cn1nnc2cc(Nc3ncc(Cl)c(NC4CCN(c5ccc(C#N)cn5)CC4)n3)ccc21. The third-order valence-electron chi connectivity index (χ3n) is 6.09. The fourth-order valence-electron chi connectivity index (χ4n) is 4.28. The lowest BCUT2D eigenvalue weighted by Crippen LogP contribution is -2.39. The summed E-state index contributed by atoms with van der Waals surface area (Å²) in [6, 6.07) is 11.6. The minimum atomic E-state index is -0.894. The zero-order valence-electron chi connectivity index (χ0n) is 20.6. The molecule has 4 aromatic rings. The summed E-state index contributed by atoms with van der Waals surface area (Å²) in [7, 11) is 0. The quantitative estimate of drug-likeness (QED) is 0.331. The van der Waals surface area contributed by atoms with Gasteiger partial charge < -0.3 is 20.6 Å². The van der Waals surface area contributed by atoms with Gasteiger partial charge in [-0.1, -0.05) is 16.8 Å². The molecule has 1 saturated heterocycles. The molecular formula is C25H27ClN10O. The van der Waals surface area contributed by atoms with E-state index in [-0.39, 0.29) is 6.04 Å². The van der Waals surface area contributed by atoms with Crippen LogP contribution in [0.1, 0.15) is 32.3 Å². The van der Waals surface area contributed by atoms with Crippen molar-refractivity contribution >= 4 is 45.9 Å². The van der Waals surface area contributed by atoms with Crippen LogP contribution in [0.5, 0.6) is 0 Å². The molecule has 1 aliphatic heterocycles. The largest absolute Gasteiger partial charge is 0.389 e. The molecule has 0 spiro atoms. The molecule has 4 heterocycles. The van der Waals surface area contributed by atoms with Gasteiger partial charge in [-0.05, 0) is 57.0 Å². The summed E-state index contributed by atoms with van der Waals surface area (Å²) >= 11 is 6.40. The molecule has 1 aromatic carbocycles. The van der Waals surface area contributed by atoms with E-state index in [1.807, 2.05) is 24.3 Å². The molecule has 0 saturated carbocycles. The van der Waals surface area contributed by atoms with Crippen LogP contribution in [0, 0.1) is 11.3 Å². The molecule has 190 valence electrons. The topological polar surface area (TPSA) is 141 Å². The standard InChI is InChI=1S/C25H27ClN10O/c1-25(2,37)15-36-21-5-4-18(11-20(21)33-34-36)31-24-29-14-19(26)23(32-24)30-17-7-9-35(10-8-17)22-6-3-16(12-27)13-28-22/h3-6,11,13-14,17,37H,7-10,15H2,1-2H3,(H2,29,30,31,32). The molecule has 3 N–H and O–H groups in total. The number of nitrogens with zero attached hydrogens (tertiary/aromatic N) is 8. The van der Waals surface area contributed by atoms with Crippen LogP contribution in [0.4, 0.5) is 23.3 Å². The number of benzene rings is 1. The molecule has 3 aromatic heterocycles. The predicted molar refractivity (Wildman–Crippen MR) is 142 cm³/mol. The van der Waals surface area contributed by atoms with Gasteiger partial charge in [-0.15, -0.1) is 5.10 Å². The maximum Gasteiger partial charge on any atom is 0.229 e. The van der Waals surface area contributed by atoms with Crippen LogP contribution in [0.25, 0.3) is 11.0 Å². The van der Waals surface area contributed by atoms with Crippen molar-refractivity contribution in [2.45, 2.75) is 44.9 Å². The summed E-state index contributed by atoms with van der Waals surface area (Å²) in [5, 5.41) is 34.5. The van der Waals surface area contributed by atoms with Crippen molar-refractivity contribution in [1.82, 2.24) is 29.9 Å². The number of hydrogen-bond acceptors (Lipinski definition) is 10. The van der Waals surface area contributed by atoms with Gasteiger partial charge in [0, 0.05) is 31.0 Å². The van der Waals surface area contributed by atoms with Gasteiger partial charge >= 0.3 is 0 Å². The van der Waals surface area contributed by atoms with E-state index in [0.29, 0.717) is 34.4 Å². The van der Waals surface area contributed by atoms with E-state index in [1.54, 1.807) is 37.0 Å². The van der Waals surface area contributed by atoms with Crippen molar-refractivity contribution in [2.24, 2.45) is 0 Å². The number of fused-ring (bicyclic) bond motifs is 1. The van der Waals surface area contributed by atoms with Crippen molar-refractivity contribution < 1.29 is 5.11 Å². The van der Waals surface area contributed by atoms with E-state index < -0.39 is 5.60 Å². The number of nitrogens with one attached hydrogen (secondary N) is 2. The average Bonchev–Trinajstić information content (AvgIpc) is 3.27. The van der Waals surface area contributed by atoms with Crippen LogP contribution in [-0.2, 0) is 6.54 Å². The molecule has 0 aliphatic carbocycles. The first-order chi connectivity index (χ1) is 17.8. The third kappa shape index (κ3) is 5.87. The van der Waals surface area contributed by atoms with Gasteiger partial charge in [0.05, 0.1) is 29.4 Å². The van der Waals surface area contributed by atoms with E-state index >= 15 is 0 Å². The third-order valence-corrected chi connectivity index (χ3v) is 6.36. The molecular weight excluding hydrogens is 492 g/mol. The zero-order chi connectivity index (χ0) is 26.0. The van der Waals surface area contributed by atoms with E-state index in [4.69, 9.17) is 16.9 Å². The highest BCUT2D eigenvalue weighted by atomic mass is 35.5. The Morgan fingerprint density at radius 3 is 2.68 bits per heavy atom. The number of piperidine rings is 1. The second kappa shape index (κ2) is 10.2. The number of rotatable bonds is 7. The first-order valence-electron chi connectivity index (χ1n) is 12.0. The summed E-state index contributed by atoms with van der Waals surface area (Å²) in [5.41, 5.74) is 1.95. The van der Waals surface area contributed by atoms with E-state index in [0.717, 1.165) is 43.0 Å². The smallest absolute Gasteiger partial charge is 0.229 e. The Labute approximate surface area is 219 Å². The Hall–Kier alpha value is -4.01. The number of pyridine rings is 1. The molecule has 11 nitrogen and oxygen atoms in total. The molecule has 12 heteroatoms. The number of aromatic nitrogens is 6. The predicted octanol–water partition coefficient (Wildman–Crippen LogP) is 3.74. The van der Waals surface area contributed by atoms with Crippen molar-refractivity contribution in [3.8, 4) is 6.07 Å². The monoisotopic (exact) mass is 518 g/mol. The number of nitriles is 1. The highest BCUT2D eigenvalue weighted by Gasteiger charge is 2.22. The number of anilines is 4. The molecule has 0 bridgehead atoms. The van der Waals surface area contributed by atoms with Crippen LogP contribution < -0.4 is 15.5 Å². The molecule has 0 atom stereocenters. The molecule has 5 rings (SSSR count). The lowest BCUT2D eigenvalue weighted by atomic mass is 10.0. The minimum absolute atomic E-state index is 0.206. The van der Waals surface area contributed by atoms with Crippen LogP contribution in [-0.4, -0.2) is 59.8 Å². The molecule has 0 unspecified atom stereocenters. The number of halogens is 1. The Morgan fingerprint density at radius 2 is 1.97 bits per heavy atom. The van der Waals surface area contributed by atoms with Crippen LogP contribution in [0.2, 0.25) is 5.02 Å². The van der Waals surface area contributed by atoms with Gasteiger partial charge in [0.1, 0.15) is 22.4 Å². The van der Waals surface area contributed by atoms with Gasteiger partial charge in [0.15, 0.2) is 5.82 Å². The van der Waals surface area contributed by atoms with Crippen molar-refractivity contribution in [3.63, 3.8) is 0 Å². The van der Waals surface area contributed by atoms with E-state index in [2.05, 4.69) is 46.9 Å². The Bertz CT molecular complexity index is 1430. The second-order valence-corrected chi connectivity index (χ2v) is 10.1. The Balaban J connectivity index is 1.23. The number of aliphatic hydroxyl groups is 1. The van der Waals surface area contributed by atoms with Crippen molar-refractivity contribution in [2.75, 3.05) is 28.6 Å². The highest BCUT2D eigenvalue weighted by molar-refractivity contribution is 6.32. The first kappa shape index (κ1) is 24.7. The summed E-state index contributed by atoms with van der Waals surface area (Å²) in [5.74, 6) is 1.86. The van der Waals surface area contributed by atoms with Gasteiger partial charge in [-0.3, -0.25) is 0 Å². The lowest BCUT2D eigenvalue weighted by Gasteiger charge is -2.33. The lowest BCUT2D eigenvalue weighted by molar-refractivity contribution is 0.0585. The average molecular weight is 519 g/mol. The van der Waals surface area contributed by atoms with Gasteiger partial charge in [0.25, 0.3) is 0 Å². The summed E-state index contributed by atoms with van der Waals surface area (Å²) in [4.78, 5) is 15.5. The first-order valence-corrected chi connectivity index (χ1v) is 12.4. The minimum Gasteiger partial charge on any atom is -0.389 e. The molecule has 1 fully saturated rings. The Kier molecular flexibility index (Phi) is 6.78. The van der Waals surface area contributed by atoms with E-state index in [1.165, 1.54) is 0 Å². The molecule has 37 heavy (non-hydrogen) atoms. The maximum absolute atomic E-state index is 10.1. The summed E-state index contributed by atoms with van der Waals surface area (Å²) < 4.78 is 1.68. The normalized spacial score (nSPS) is 14.5. The van der Waals surface area contributed by atoms with Gasteiger partial charge in [-0.2, -0.15) is 10.2 Å². The zero-order valence-corrected chi connectivity index (χ0v) is 21.3.